The van der Waals surface area contributed by atoms with E-state index in [0.717, 1.165) is 26.1 Å². The zero-order valence-electron chi connectivity index (χ0n) is 8.03. The summed E-state index contributed by atoms with van der Waals surface area (Å²) in [6.07, 6.45) is 1.85. The number of hydrogen-bond acceptors (Lipinski definition) is 3. The highest BCUT2D eigenvalue weighted by Crippen LogP contribution is 2.51. The maximum absolute atomic E-state index is 11.8. The molecule has 2 N–H and O–H groups in total. The summed E-state index contributed by atoms with van der Waals surface area (Å²) < 4.78 is 5.23. The molecule has 2 atom stereocenters. The Labute approximate surface area is 82.6 Å². The number of fused-ring (bicyclic) bond motifs is 1. The Bertz CT molecular complexity index is 265. The Morgan fingerprint density at radius 1 is 1.43 bits per heavy atom. The molecule has 0 radical (unpaired) electrons. The molecular weight excluding hydrogens is 182 g/mol. The predicted octanol–water partition coefficient (Wildman–Crippen LogP) is -0.480. The van der Waals surface area contributed by atoms with Crippen LogP contribution < -0.4 is 5.32 Å². The van der Waals surface area contributed by atoms with E-state index < -0.39 is 0 Å². The van der Waals surface area contributed by atoms with Crippen molar-refractivity contribution in [1.82, 2.24) is 5.32 Å². The molecular formula is C10H15NO3. The summed E-state index contributed by atoms with van der Waals surface area (Å²) in [5.41, 5.74) is -0.255. The van der Waals surface area contributed by atoms with Crippen molar-refractivity contribution < 1.29 is 14.6 Å². The number of aliphatic hydroxyl groups is 1. The Hall–Kier alpha value is -0.610. The van der Waals surface area contributed by atoms with E-state index in [-0.39, 0.29) is 24.0 Å². The fourth-order valence-electron chi connectivity index (χ4n) is 2.45. The van der Waals surface area contributed by atoms with Crippen molar-refractivity contribution in [2.45, 2.75) is 18.4 Å². The van der Waals surface area contributed by atoms with Crippen LogP contribution in [0.25, 0.3) is 0 Å². The van der Waals surface area contributed by atoms with Crippen LogP contribution in [-0.4, -0.2) is 36.4 Å². The third-order valence-electron chi connectivity index (χ3n) is 3.80. The summed E-state index contributed by atoms with van der Waals surface area (Å²) in [5.74, 6) is 1.23. The second-order valence-corrected chi connectivity index (χ2v) is 4.82. The Balaban J connectivity index is 1.57. The van der Waals surface area contributed by atoms with Gasteiger partial charge in [0.15, 0.2) is 0 Å². The normalized spacial score (nSPS) is 41.6. The van der Waals surface area contributed by atoms with E-state index in [1.165, 1.54) is 0 Å². The third-order valence-corrected chi connectivity index (χ3v) is 3.80. The number of ether oxygens (including phenoxy) is 1. The lowest BCUT2D eigenvalue weighted by molar-refractivity contribution is -0.125. The minimum atomic E-state index is -0.255. The molecule has 78 valence electrons. The van der Waals surface area contributed by atoms with Crippen LogP contribution in [0.1, 0.15) is 12.8 Å². The summed E-state index contributed by atoms with van der Waals surface area (Å²) >= 11 is 0. The molecule has 0 aromatic rings. The van der Waals surface area contributed by atoms with Gasteiger partial charge >= 0.3 is 0 Å². The number of amides is 1. The molecule has 1 amide bonds. The van der Waals surface area contributed by atoms with Crippen molar-refractivity contribution in [2.75, 3.05) is 19.8 Å². The second-order valence-electron chi connectivity index (χ2n) is 4.82. The molecule has 2 saturated carbocycles. The van der Waals surface area contributed by atoms with Gasteiger partial charge in [0.2, 0.25) is 5.91 Å². The highest BCUT2D eigenvalue weighted by molar-refractivity contribution is 5.83. The standard InChI is InChI=1S/C10H15NO3/c12-5-10(1-2-10)11-9(13)8-6-3-14-4-7(6)8/h6-8,12H,1-5H2,(H,11,13). The fraction of sp³-hybridized carbons (Fsp3) is 0.900. The molecule has 3 rings (SSSR count). The van der Waals surface area contributed by atoms with Crippen molar-refractivity contribution in [3.8, 4) is 0 Å². The van der Waals surface area contributed by atoms with Crippen molar-refractivity contribution in [1.29, 1.82) is 0 Å². The highest BCUT2D eigenvalue weighted by atomic mass is 16.5. The van der Waals surface area contributed by atoms with Gasteiger partial charge < -0.3 is 15.2 Å². The highest BCUT2D eigenvalue weighted by Gasteiger charge is 2.59. The van der Waals surface area contributed by atoms with Gasteiger partial charge in [0.25, 0.3) is 0 Å². The molecule has 0 spiro atoms. The Kier molecular flexibility index (Phi) is 1.67. The zero-order chi connectivity index (χ0) is 9.76. The second kappa shape index (κ2) is 2.70. The lowest BCUT2D eigenvalue weighted by Gasteiger charge is -2.14. The summed E-state index contributed by atoms with van der Waals surface area (Å²) in [6.45, 7) is 1.57. The van der Waals surface area contributed by atoms with Crippen molar-refractivity contribution in [3.63, 3.8) is 0 Å². The average Bonchev–Trinajstić information content (AvgIpc) is 3.06. The van der Waals surface area contributed by atoms with E-state index in [0.29, 0.717) is 11.8 Å². The molecule has 1 saturated heterocycles. The van der Waals surface area contributed by atoms with E-state index >= 15 is 0 Å². The number of aliphatic hydroxyl groups excluding tert-OH is 1. The van der Waals surface area contributed by atoms with Gasteiger partial charge in [0.05, 0.1) is 25.4 Å². The number of nitrogens with one attached hydrogen (secondary N) is 1. The molecule has 0 aromatic carbocycles. The molecule has 2 unspecified atom stereocenters. The topological polar surface area (TPSA) is 58.6 Å². The van der Waals surface area contributed by atoms with Gasteiger partial charge in [-0.1, -0.05) is 0 Å². The lowest BCUT2D eigenvalue weighted by Crippen LogP contribution is -2.41. The van der Waals surface area contributed by atoms with Crippen LogP contribution in [-0.2, 0) is 9.53 Å². The maximum atomic E-state index is 11.8. The van der Waals surface area contributed by atoms with Gasteiger partial charge in [-0.05, 0) is 24.7 Å². The van der Waals surface area contributed by atoms with Crippen LogP contribution in [0.3, 0.4) is 0 Å². The summed E-state index contributed by atoms with van der Waals surface area (Å²) in [5, 5.41) is 12.0. The molecule has 2 aliphatic carbocycles. The molecule has 14 heavy (non-hydrogen) atoms. The molecule has 1 aliphatic heterocycles. The molecule has 3 aliphatic rings. The molecule has 3 fully saturated rings. The lowest BCUT2D eigenvalue weighted by atomic mass is 10.2. The molecule has 0 aromatic heterocycles. The minimum absolute atomic E-state index is 0.0806. The first-order valence-corrected chi connectivity index (χ1v) is 5.26. The van der Waals surface area contributed by atoms with Crippen LogP contribution in [0.15, 0.2) is 0 Å². The molecule has 0 bridgehead atoms. The van der Waals surface area contributed by atoms with E-state index in [1.807, 2.05) is 0 Å². The molecule has 4 heteroatoms. The maximum Gasteiger partial charge on any atom is 0.224 e. The first-order chi connectivity index (χ1) is 6.76. The van der Waals surface area contributed by atoms with E-state index in [2.05, 4.69) is 5.32 Å². The fourth-order valence-corrected chi connectivity index (χ4v) is 2.45. The number of rotatable bonds is 3. The Morgan fingerprint density at radius 2 is 2.07 bits per heavy atom. The van der Waals surface area contributed by atoms with Gasteiger partial charge in [-0.15, -0.1) is 0 Å². The van der Waals surface area contributed by atoms with E-state index in [4.69, 9.17) is 9.84 Å². The quantitative estimate of drug-likeness (QED) is 0.642. The molecule has 4 nitrogen and oxygen atoms in total. The van der Waals surface area contributed by atoms with Crippen LogP contribution >= 0.6 is 0 Å². The van der Waals surface area contributed by atoms with Gasteiger partial charge in [0, 0.05) is 5.92 Å². The summed E-state index contributed by atoms with van der Waals surface area (Å²) in [6, 6.07) is 0. The molecule has 1 heterocycles. The van der Waals surface area contributed by atoms with Gasteiger partial charge in [-0.2, -0.15) is 0 Å². The van der Waals surface area contributed by atoms with Crippen molar-refractivity contribution >= 4 is 5.91 Å². The first kappa shape index (κ1) is 8.68. The zero-order valence-corrected chi connectivity index (χ0v) is 8.03. The first-order valence-electron chi connectivity index (χ1n) is 5.26. The van der Waals surface area contributed by atoms with E-state index in [9.17, 15) is 4.79 Å². The summed E-state index contributed by atoms with van der Waals surface area (Å²) in [7, 11) is 0. The minimum Gasteiger partial charge on any atom is -0.394 e. The third kappa shape index (κ3) is 1.17. The van der Waals surface area contributed by atoms with E-state index in [1.54, 1.807) is 0 Å². The Morgan fingerprint density at radius 3 is 2.57 bits per heavy atom. The number of carbonyl (C=O) groups is 1. The predicted molar refractivity (Wildman–Crippen MR) is 48.5 cm³/mol. The average molecular weight is 197 g/mol. The summed E-state index contributed by atoms with van der Waals surface area (Å²) in [4.78, 5) is 11.8. The van der Waals surface area contributed by atoms with Crippen LogP contribution in [0.2, 0.25) is 0 Å². The van der Waals surface area contributed by atoms with Crippen LogP contribution in [0.4, 0.5) is 0 Å². The van der Waals surface area contributed by atoms with Gasteiger partial charge in [-0.3, -0.25) is 4.79 Å². The monoisotopic (exact) mass is 197 g/mol. The largest absolute Gasteiger partial charge is 0.394 e. The van der Waals surface area contributed by atoms with Crippen LogP contribution in [0, 0.1) is 17.8 Å². The number of hydrogen-bond donors (Lipinski definition) is 2. The SMILES string of the molecule is O=C(NC1(CO)CC1)C1C2COCC21. The van der Waals surface area contributed by atoms with Crippen molar-refractivity contribution in [2.24, 2.45) is 17.8 Å². The van der Waals surface area contributed by atoms with Crippen LogP contribution in [0.5, 0.6) is 0 Å². The van der Waals surface area contributed by atoms with Gasteiger partial charge in [-0.25, -0.2) is 0 Å². The van der Waals surface area contributed by atoms with Crippen molar-refractivity contribution in [3.05, 3.63) is 0 Å². The van der Waals surface area contributed by atoms with Gasteiger partial charge in [0.1, 0.15) is 0 Å². The number of carbonyl (C=O) groups excluding carboxylic acids is 1. The smallest absolute Gasteiger partial charge is 0.224 e.